The molecule has 0 bridgehead atoms. The van der Waals surface area contributed by atoms with Crippen LogP contribution in [0.15, 0.2) is 18.2 Å². The van der Waals surface area contributed by atoms with E-state index in [1.54, 1.807) is 18.4 Å². The summed E-state index contributed by atoms with van der Waals surface area (Å²) in [5.41, 5.74) is 2.30. The molecule has 0 radical (unpaired) electrons. The Hall–Kier alpha value is -2.32. The van der Waals surface area contributed by atoms with Crippen molar-refractivity contribution in [3.8, 4) is 5.75 Å². The molecule has 0 atom stereocenters. The van der Waals surface area contributed by atoms with Crippen molar-refractivity contribution in [1.29, 1.82) is 0 Å². The molecule has 3 heterocycles. The summed E-state index contributed by atoms with van der Waals surface area (Å²) >= 11 is 7.90. The number of aromatic nitrogens is 3. The van der Waals surface area contributed by atoms with E-state index in [0.29, 0.717) is 23.8 Å². The van der Waals surface area contributed by atoms with Crippen molar-refractivity contribution in [1.82, 2.24) is 19.7 Å². The van der Waals surface area contributed by atoms with E-state index in [1.165, 1.54) is 0 Å². The van der Waals surface area contributed by atoms with Gasteiger partial charge in [0.1, 0.15) is 11.3 Å². The monoisotopic (exact) mass is 433 g/mol. The summed E-state index contributed by atoms with van der Waals surface area (Å²) in [4.78, 5) is 21.7. The number of carbonyl (C=O) groups excluding carboxylic acids is 1. The van der Waals surface area contributed by atoms with E-state index in [2.05, 4.69) is 23.8 Å². The number of benzene rings is 1. The summed E-state index contributed by atoms with van der Waals surface area (Å²) in [5, 5.41) is 6.07. The zero-order valence-electron chi connectivity index (χ0n) is 17.0. The highest BCUT2D eigenvalue weighted by atomic mass is 35.5. The van der Waals surface area contributed by atoms with Crippen LogP contribution in [-0.4, -0.2) is 58.9 Å². The first kappa shape index (κ1) is 20.0. The first-order valence-electron chi connectivity index (χ1n) is 9.62. The Labute approximate surface area is 178 Å². The maximum Gasteiger partial charge on any atom is 0.274 e. The molecule has 0 aliphatic carbocycles. The van der Waals surface area contributed by atoms with Crippen LogP contribution >= 0.6 is 22.9 Å². The van der Waals surface area contributed by atoms with Crippen LogP contribution in [0.5, 0.6) is 5.75 Å². The number of rotatable bonds is 4. The zero-order valence-corrected chi connectivity index (χ0v) is 18.5. The van der Waals surface area contributed by atoms with Gasteiger partial charge in [-0.3, -0.25) is 9.48 Å². The normalized spacial score (nSPS) is 14.8. The SMILES string of the molecule is COc1ccc(Cl)c2sc(N3CCN(C(=O)c4cc(C)n(C(C)C)n4)CC3)nc12. The summed E-state index contributed by atoms with van der Waals surface area (Å²) in [7, 11) is 1.63. The minimum Gasteiger partial charge on any atom is -0.494 e. The van der Waals surface area contributed by atoms with Gasteiger partial charge in [0.2, 0.25) is 0 Å². The summed E-state index contributed by atoms with van der Waals surface area (Å²) < 4.78 is 8.23. The maximum absolute atomic E-state index is 12.9. The number of ether oxygens (including phenoxy) is 1. The molecule has 7 nitrogen and oxygen atoms in total. The molecule has 2 aromatic heterocycles. The molecule has 0 saturated carbocycles. The Morgan fingerprint density at radius 1 is 1.24 bits per heavy atom. The second-order valence-electron chi connectivity index (χ2n) is 7.41. The number of aryl methyl sites for hydroxylation is 1. The van der Waals surface area contributed by atoms with Crippen LogP contribution in [0.25, 0.3) is 10.2 Å². The Morgan fingerprint density at radius 2 is 1.97 bits per heavy atom. The van der Waals surface area contributed by atoms with Crippen molar-refractivity contribution in [3.05, 3.63) is 34.6 Å². The lowest BCUT2D eigenvalue weighted by molar-refractivity contribution is 0.0739. The molecule has 1 amide bonds. The van der Waals surface area contributed by atoms with E-state index in [-0.39, 0.29) is 11.9 Å². The molecule has 1 fully saturated rings. The molecule has 0 unspecified atom stereocenters. The zero-order chi connectivity index (χ0) is 20.7. The summed E-state index contributed by atoms with van der Waals surface area (Å²) in [6.45, 7) is 8.80. The summed E-state index contributed by atoms with van der Waals surface area (Å²) in [6, 6.07) is 5.77. The number of anilines is 1. The molecule has 154 valence electrons. The van der Waals surface area contributed by atoms with Crippen LogP contribution in [0, 0.1) is 6.92 Å². The average molecular weight is 434 g/mol. The fourth-order valence-corrected chi connectivity index (χ4v) is 4.93. The maximum atomic E-state index is 12.9. The third-order valence-corrected chi connectivity index (χ3v) is 6.71. The molecular formula is C20H24ClN5O2S. The smallest absolute Gasteiger partial charge is 0.274 e. The largest absolute Gasteiger partial charge is 0.494 e. The van der Waals surface area contributed by atoms with E-state index in [4.69, 9.17) is 21.3 Å². The molecule has 4 rings (SSSR count). The molecule has 1 aliphatic heterocycles. The van der Waals surface area contributed by atoms with Crippen LogP contribution in [0.1, 0.15) is 36.1 Å². The van der Waals surface area contributed by atoms with Gasteiger partial charge in [-0.2, -0.15) is 5.10 Å². The first-order valence-corrected chi connectivity index (χ1v) is 10.8. The number of nitrogens with zero attached hydrogens (tertiary/aromatic N) is 5. The molecule has 1 aromatic carbocycles. The fraction of sp³-hybridized carbons (Fsp3) is 0.450. The van der Waals surface area contributed by atoms with Crippen LogP contribution in [-0.2, 0) is 0 Å². The van der Waals surface area contributed by atoms with Crippen molar-refractivity contribution in [2.24, 2.45) is 0 Å². The Balaban J connectivity index is 1.48. The number of piperazine rings is 1. The minimum atomic E-state index is -0.0128. The molecule has 9 heteroatoms. The lowest BCUT2D eigenvalue weighted by atomic mass is 10.2. The van der Waals surface area contributed by atoms with Crippen molar-refractivity contribution < 1.29 is 9.53 Å². The lowest BCUT2D eigenvalue weighted by Crippen LogP contribution is -2.48. The van der Waals surface area contributed by atoms with E-state index < -0.39 is 0 Å². The standard InChI is InChI=1S/C20H24ClN5O2S/c1-12(2)26-13(3)11-15(23-26)19(27)24-7-9-25(10-8-24)20-22-17-16(28-4)6-5-14(21)18(17)29-20/h5-6,11-12H,7-10H2,1-4H3. The van der Waals surface area contributed by atoms with Gasteiger partial charge in [-0.25, -0.2) is 4.98 Å². The highest BCUT2D eigenvalue weighted by molar-refractivity contribution is 7.22. The number of hydrogen-bond donors (Lipinski definition) is 0. The number of carbonyl (C=O) groups is 1. The second-order valence-corrected chi connectivity index (χ2v) is 8.80. The Bertz CT molecular complexity index is 1050. The fourth-order valence-electron chi connectivity index (χ4n) is 3.62. The van der Waals surface area contributed by atoms with Crippen LogP contribution in [0.2, 0.25) is 5.02 Å². The number of fused-ring (bicyclic) bond motifs is 1. The van der Waals surface area contributed by atoms with Crippen LogP contribution in [0.4, 0.5) is 5.13 Å². The van der Waals surface area contributed by atoms with Crippen LogP contribution < -0.4 is 9.64 Å². The van der Waals surface area contributed by atoms with Gasteiger partial charge in [-0.05, 0) is 39.0 Å². The average Bonchev–Trinajstić information content (AvgIpc) is 3.33. The Kier molecular flexibility index (Phi) is 5.40. The predicted molar refractivity (Wildman–Crippen MR) is 117 cm³/mol. The molecule has 1 aliphatic rings. The highest BCUT2D eigenvalue weighted by Crippen LogP contribution is 2.38. The quantitative estimate of drug-likeness (QED) is 0.622. The first-order chi connectivity index (χ1) is 13.9. The van der Waals surface area contributed by atoms with Crippen LogP contribution in [0.3, 0.4) is 0 Å². The van der Waals surface area contributed by atoms with Gasteiger partial charge in [0, 0.05) is 37.9 Å². The molecule has 1 saturated heterocycles. The van der Waals surface area contributed by atoms with E-state index in [1.807, 2.05) is 34.7 Å². The van der Waals surface area contributed by atoms with E-state index in [0.717, 1.165) is 39.9 Å². The Morgan fingerprint density at radius 3 is 2.59 bits per heavy atom. The van der Waals surface area contributed by atoms with Crippen molar-refractivity contribution in [2.45, 2.75) is 26.8 Å². The van der Waals surface area contributed by atoms with Gasteiger partial charge in [0.15, 0.2) is 10.8 Å². The topological polar surface area (TPSA) is 63.5 Å². The molecule has 29 heavy (non-hydrogen) atoms. The van der Waals surface area contributed by atoms with E-state index in [9.17, 15) is 4.79 Å². The number of methoxy groups -OCH3 is 1. The third-order valence-electron chi connectivity index (χ3n) is 5.14. The minimum absolute atomic E-state index is 0.0128. The number of amides is 1. The predicted octanol–water partition coefficient (Wildman–Crippen LogP) is 4.01. The third kappa shape index (κ3) is 3.67. The van der Waals surface area contributed by atoms with Gasteiger partial charge in [0.05, 0.1) is 16.8 Å². The van der Waals surface area contributed by atoms with Gasteiger partial charge in [-0.15, -0.1) is 0 Å². The number of halogens is 1. The number of thiazole rings is 1. The van der Waals surface area contributed by atoms with Gasteiger partial charge < -0.3 is 14.5 Å². The van der Waals surface area contributed by atoms with E-state index >= 15 is 0 Å². The highest BCUT2D eigenvalue weighted by Gasteiger charge is 2.26. The van der Waals surface area contributed by atoms with Crippen molar-refractivity contribution in [2.75, 3.05) is 38.2 Å². The molecule has 0 spiro atoms. The van der Waals surface area contributed by atoms with Gasteiger partial charge in [0.25, 0.3) is 5.91 Å². The summed E-state index contributed by atoms with van der Waals surface area (Å²) in [6.07, 6.45) is 0. The van der Waals surface area contributed by atoms with Gasteiger partial charge >= 0.3 is 0 Å². The molecule has 0 N–H and O–H groups in total. The van der Waals surface area contributed by atoms with Gasteiger partial charge in [-0.1, -0.05) is 22.9 Å². The second kappa shape index (κ2) is 7.84. The van der Waals surface area contributed by atoms with Crippen molar-refractivity contribution >= 4 is 44.2 Å². The molecular weight excluding hydrogens is 410 g/mol. The lowest BCUT2D eigenvalue weighted by Gasteiger charge is -2.34. The van der Waals surface area contributed by atoms with Crippen molar-refractivity contribution in [3.63, 3.8) is 0 Å². The number of hydrogen-bond acceptors (Lipinski definition) is 6. The summed E-state index contributed by atoms with van der Waals surface area (Å²) in [5.74, 6) is 0.706. The molecule has 3 aromatic rings.